The summed E-state index contributed by atoms with van der Waals surface area (Å²) in [5, 5.41) is 0. The molecular formula is C10H11F3N2O2. The molecule has 1 aromatic heterocycles. The maximum Gasteiger partial charge on any atom is 0.310 e. The monoisotopic (exact) mass is 248 g/mol. The topological polar surface area (TPSA) is 65.2 Å². The van der Waals surface area contributed by atoms with Crippen LogP contribution in [0.3, 0.4) is 0 Å². The van der Waals surface area contributed by atoms with Crippen LogP contribution in [0.15, 0.2) is 6.20 Å². The lowest BCUT2D eigenvalue weighted by Crippen LogP contribution is -2.13. The van der Waals surface area contributed by atoms with Crippen LogP contribution in [0, 0.1) is 5.82 Å². The number of nitrogens with zero attached hydrogens (tertiary/aromatic N) is 1. The van der Waals surface area contributed by atoms with Crippen LogP contribution >= 0.6 is 0 Å². The zero-order valence-corrected chi connectivity index (χ0v) is 9.04. The quantitative estimate of drug-likeness (QED) is 0.816. The summed E-state index contributed by atoms with van der Waals surface area (Å²) < 4.78 is 43.3. The molecule has 0 saturated heterocycles. The van der Waals surface area contributed by atoms with Crippen molar-refractivity contribution in [2.75, 3.05) is 7.11 Å². The van der Waals surface area contributed by atoms with Gasteiger partial charge in [0.05, 0.1) is 24.8 Å². The third-order valence-corrected chi connectivity index (χ3v) is 2.19. The van der Waals surface area contributed by atoms with E-state index in [0.29, 0.717) is 0 Å². The zero-order chi connectivity index (χ0) is 13.0. The first kappa shape index (κ1) is 13.4. The van der Waals surface area contributed by atoms with Gasteiger partial charge in [-0.25, -0.2) is 13.2 Å². The summed E-state index contributed by atoms with van der Waals surface area (Å²) in [6.07, 6.45) is -2.47. The number of rotatable bonds is 4. The summed E-state index contributed by atoms with van der Waals surface area (Å²) in [6, 6.07) is 0. The highest BCUT2D eigenvalue weighted by Gasteiger charge is 2.23. The molecule has 0 spiro atoms. The molecular weight excluding hydrogens is 237 g/mol. The average Bonchev–Trinajstić information content (AvgIpc) is 2.28. The first-order valence-corrected chi connectivity index (χ1v) is 4.72. The normalized spacial score (nSPS) is 10.7. The fourth-order valence-corrected chi connectivity index (χ4v) is 1.33. The second kappa shape index (κ2) is 5.62. The molecule has 7 heteroatoms. The highest BCUT2D eigenvalue weighted by Crippen LogP contribution is 2.27. The molecule has 0 radical (unpaired) electrons. The number of halogens is 3. The third kappa shape index (κ3) is 2.94. The molecule has 1 aromatic rings. The molecule has 0 aliphatic heterocycles. The molecule has 0 saturated carbocycles. The number of methoxy groups -OCH3 is 1. The van der Waals surface area contributed by atoms with Crippen molar-refractivity contribution in [2.24, 2.45) is 5.73 Å². The van der Waals surface area contributed by atoms with Crippen LogP contribution in [0.4, 0.5) is 13.2 Å². The second-order valence-corrected chi connectivity index (χ2v) is 3.22. The van der Waals surface area contributed by atoms with Crippen molar-refractivity contribution in [3.63, 3.8) is 0 Å². The smallest absolute Gasteiger partial charge is 0.310 e. The number of nitrogens with two attached hydrogens (primary N) is 1. The SMILES string of the molecule is COC(=O)Cc1cnc(CN)c(F)c1C(F)F. The maximum absolute atomic E-state index is 13.6. The lowest BCUT2D eigenvalue weighted by molar-refractivity contribution is -0.139. The van der Waals surface area contributed by atoms with Crippen molar-refractivity contribution in [1.29, 1.82) is 0 Å². The predicted molar refractivity (Wildman–Crippen MR) is 52.8 cm³/mol. The first-order chi connectivity index (χ1) is 8.01. The third-order valence-electron chi connectivity index (χ3n) is 2.19. The molecule has 0 aliphatic carbocycles. The van der Waals surface area contributed by atoms with Crippen LogP contribution in [-0.4, -0.2) is 18.1 Å². The van der Waals surface area contributed by atoms with Crippen molar-refractivity contribution in [1.82, 2.24) is 4.98 Å². The van der Waals surface area contributed by atoms with E-state index in [4.69, 9.17) is 5.73 Å². The molecule has 1 heterocycles. The summed E-state index contributed by atoms with van der Waals surface area (Å²) in [5.74, 6) is -1.91. The van der Waals surface area contributed by atoms with Crippen LogP contribution in [0.2, 0.25) is 0 Å². The highest BCUT2D eigenvalue weighted by atomic mass is 19.3. The van der Waals surface area contributed by atoms with Crippen molar-refractivity contribution < 1.29 is 22.7 Å². The minimum Gasteiger partial charge on any atom is -0.469 e. The number of pyridine rings is 1. The molecule has 4 nitrogen and oxygen atoms in total. The van der Waals surface area contributed by atoms with Gasteiger partial charge in [-0.2, -0.15) is 0 Å². The molecule has 0 aliphatic rings. The summed E-state index contributed by atoms with van der Waals surface area (Å²) in [6.45, 7) is -0.288. The van der Waals surface area contributed by atoms with E-state index in [1.807, 2.05) is 0 Å². The van der Waals surface area contributed by atoms with E-state index in [-0.39, 0.29) is 17.8 Å². The Balaban J connectivity index is 3.21. The number of carbonyl (C=O) groups excluding carboxylic acids is 1. The van der Waals surface area contributed by atoms with Crippen molar-refractivity contribution >= 4 is 5.97 Å². The van der Waals surface area contributed by atoms with Gasteiger partial charge in [0.1, 0.15) is 0 Å². The van der Waals surface area contributed by atoms with Crippen LogP contribution < -0.4 is 5.73 Å². The average molecular weight is 248 g/mol. The highest BCUT2D eigenvalue weighted by molar-refractivity contribution is 5.72. The van der Waals surface area contributed by atoms with Crippen molar-refractivity contribution in [3.8, 4) is 0 Å². The fraction of sp³-hybridized carbons (Fsp3) is 0.400. The van der Waals surface area contributed by atoms with Crippen LogP contribution in [0.5, 0.6) is 0 Å². The van der Waals surface area contributed by atoms with Crippen LogP contribution in [0.1, 0.15) is 23.2 Å². The number of ether oxygens (including phenoxy) is 1. The molecule has 0 fully saturated rings. The standard InChI is InChI=1S/C10H11F3N2O2/c1-17-7(16)2-5-4-15-6(3-14)9(11)8(5)10(12)13/h4,10H,2-3,14H2,1H3. The molecule has 0 unspecified atom stereocenters. The zero-order valence-electron chi connectivity index (χ0n) is 9.04. The predicted octanol–water partition coefficient (Wildman–Crippen LogP) is 1.33. The largest absolute Gasteiger partial charge is 0.469 e. The van der Waals surface area contributed by atoms with E-state index in [9.17, 15) is 18.0 Å². The minimum absolute atomic E-state index is 0.193. The molecule has 0 atom stereocenters. The Morgan fingerprint density at radius 2 is 2.24 bits per heavy atom. The lowest BCUT2D eigenvalue weighted by atomic mass is 10.1. The number of hydrogen-bond acceptors (Lipinski definition) is 4. The number of hydrogen-bond donors (Lipinski definition) is 1. The van der Waals surface area contributed by atoms with E-state index >= 15 is 0 Å². The van der Waals surface area contributed by atoms with Gasteiger partial charge in [0.15, 0.2) is 5.82 Å². The Bertz CT molecular complexity index is 424. The Hall–Kier alpha value is -1.63. The van der Waals surface area contributed by atoms with Crippen LogP contribution in [-0.2, 0) is 22.5 Å². The molecule has 2 N–H and O–H groups in total. The minimum atomic E-state index is -3.04. The van der Waals surface area contributed by atoms with Gasteiger partial charge in [0, 0.05) is 12.7 Å². The molecule has 94 valence electrons. The van der Waals surface area contributed by atoms with E-state index in [2.05, 4.69) is 9.72 Å². The fourth-order valence-electron chi connectivity index (χ4n) is 1.33. The summed E-state index contributed by atoms with van der Waals surface area (Å²) in [5.41, 5.74) is 3.87. The van der Waals surface area contributed by atoms with Gasteiger partial charge >= 0.3 is 5.97 Å². The van der Waals surface area contributed by atoms with Gasteiger partial charge in [0.25, 0.3) is 6.43 Å². The van der Waals surface area contributed by atoms with Gasteiger partial charge < -0.3 is 10.5 Å². The Morgan fingerprint density at radius 1 is 1.59 bits per heavy atom. The Morgan fingerprint density at radius 3 is 2.71 bits per heavy atom. The summed E-state index contributed by atoms with van der Waals surface area (Å²) in [7, 11) is 1.11. The van der Waals surface area contributed by atoms with Gasteiger partial charge in [-0.1, -0.05) is 0 Å². The Kier molecular flexibility index (Phi) is 4.45. The number of esters is 1. The molecule has 0 amide bonds. The van der Waals surface area contributed by atoms with Crippen molar-refractivity contribution in [2.45, 2.75) is 19.4 Å². The number of alkyl halides is 2. The summed E-state index contributed by atoms with van der Waals surface area (Å²) >= 11 is 0. The van der Waals surface area contributed by atoms with E-state index in [1.54, 1.807) is 0 Å². The number of aromatic nitrogens is 1. The van der Waals surface area contributed by atoms with Crippen LogP contribution in [0.25, 0.3) is 0 Å². The molecule has 0 aromatic carbocycles. The van der Waals surface area contributed by atoms with Gasteiger partial charge in [-0.15, -0.1) is 0 Å². The van der Waals surface area contributed by atoms with E-state index in [0.717, 1.165) is 13.3 Å². The maximum atomic E-state index is 13.6. The van der Waals surface area contributed by atoms with Gasteiger partial charge in [-0.3, -0.25) is 9.78 Å². The second-order valence-electron chi connectivity index (χ2n) is 3.22. The number of carbonyl (C=O) groups is 1. The molecule has 17 heavy (non-hydrogen) atoms. The Labute approximate surface area is 95.6 Å². The first-order valence-electron chi connectivity index (χ1n) is 4.72. The van der Waals surface area contributed by atoms with Gasteiger partial charge in [0.2, 0.25) is 0 Å². The molecule has 1 rings (SSSR count). The van der Waals surface area contributed by atoms with Gasteiger partial charge in [-0.05, 0) is 5.56 Å². The lowest BCUT2D eigenvalue weighted by Gasteiger charge is -2.11. The van der Waals surface area contributed by atoms with Crippen molar-refractivity contribution in [3.05, 3.63) is 28.8 Å². The van der Waals surface area contributed by atoms with E-state index < -0.39 is 30.2 Å². The van der Waals surface area contributed by atoms with E-state index in [1.165, 1.54) is 0 Å². The molecule has 0 bridgehead atoms. The summed E-state index contributed by atoms with van der Waals surface area (Å²) in [4.78, 5) is 14.6.